The second-order valence-corrected chi connectivity index (χ2v) is 6.55. The highest BCUT2D eigenvalue weighted by atomic mass is 19.1. The zero-order chi connectivity index (χ0) is 16.5. The number of halogens is 1. The van der Waals surface area contributed by atoms with E-state index in [1.54, 1.807) is 6.07 Å². The average Bonchev–Trinajstić information content (AvgIpc) is 2.67. The molecular weight excluding hydrogens is 309 g/mol. The Hall–Kier alpha value is -3.26. The molecule has 0 radical (unpaired) electrons. The van der Waals surface area contributed by atoms with Crippen LogP contribution in [0.15, 0.2) is 72.9 Å². The van der Waals surface area contributed by atoms with Crippen LogP contribution in [0.5, 0.6) is 0 Å². The third-order valence-corrected chi connectivity index (χ3v) is 5.30. The Balaban J connectivity index is 2.12. The molecule has 0 N–H and O–H groups in total. The average molecular weight is 321 g/mol. The molecule has 0 fully saturated rings. The van der Waals surface area contributed by atoms with Gasteiger partial charge in [0, 0.05) is 22.4 Å². The maximum absolute atomic E-state index is 14.0. The van der Waals surface area contributed by atoms with Crippen LogP contribution < -0.4 is 0 Å². The highest BCUT2D eigenvalue weighted by Gasteiger charge is 2.17. The lowest BCUT2D eigenvalue weighted by atomic mass is 9.88. The van der Waals surface area contributed by atoms with Gasteiger partial charge in [-0.3, -0.25) is 4.98 Å². The van der Waals surface area contributed by atoms with E-state index in [-0.39, 0.29) is 5.82 Å². The minimum absolute atomic E-state index is 0.216. The molecule has 5 aromatic carbocycles. The number of fused-ring (bicyclic) bond motifs is 6. The number of hydrogen-bond acceptors (Lipinski definition) is 1. The second kappa shape index (κ2) is 4.42. The van der Waals surface area contributed by atoms with Gasteiger partial charge in [-0.05, 0) is 56.6 Å². The quantitative estimate of drug-likeness (QED) is 0.232. The Bertz CT molecular complexity index is 1450. The van der Waals surface area contributed by atoms with Gasteiger partial charge in [0.05, 0.1) is 5.52 Å². The minimum atomic E-state index is -0.216. The van der Waals surface area contributed by atoms with Gasteiger partial charge in [-0.15, -0.1) is 0 Å². The van der Waals surface area contributed by atoms with Crippen LogP contribution in [-0.2, 0) is 0 Å². The van der Waals surface area contributed by atoms with E-state index in [0.29, 0.717) is 0 Å². The molecule has 0 unspecified atom stereocenters. The van der Waals surface area contributed by atoms with Gasteiger partial charge in [0.1, 0.15) is 5.82 Å². The molecule has 0 bridgehead atoms. The van der Waals surface area contributed by atoms with E-state index in [0.717, 1.165) is 21.7 Å². The Morgan fingerprint density at radius 1 is 0.560 bits per heavy atom. The Kier molecular flexibility index (Phi) is 2.31. The number of nitrogens with zero attached hydrogens (tertiary/aromatic N) is 1. The van der Waals surface area contributed by atoms with E-state index in [1.807, 2.05) is 12.3 Å². The highest BCUT2D eigenvalue weighted by Crippen LogP contribution is 2.43. The van der Waals surface area contributed by atoms with Crippen molar-refractivity contribution >= 4 is 54.0 Å². The van der Waals surface area contributed by atoms with Crippen LogP contribution >= 0.6 is 0 Å². The van der Waals surface area contributed by atoms with Crippen molar-refractivity contribution < 1.29 is 4.39 Å². The second-order valence-electron chi connectivity index (χ2n) is 6.55. The summed E-state index contributed by atoms with van der Waals surface area (Å²) >= 11 is 0. The van der Waals surface area contributed by atoms with E-state index in [9.17, 15) is 4.39 Å². The van der Waals surface area contributed by atoms with Crippen LogP contribution in [0.2, 0.25) is 0 Å². The first-order chi connectivity index (χ1) is 12.3. The zero-order valence-electron chi connectivity index (χ0n) is 13.3. The van der Waals surface area contributed by atoms with E-state index in [1.165, 1.54) is 38.4 Å². The van der Waals surface area contributed by atoms with Crippen molar-refractivity contribution in [2.24, 2.45) is 0 Å². The van der Waals surface area contributed by atoms with Crippen LogP contribution in [0.25, 0.3) is 54.0 Å². The molecule has 0 amide bonds. The van der Waals surface area contributed by atoms with Gasteiger partial charge >= 0.3 is 0 Å². The van der Waals surface area contributed by atoms with Gasteiger partial charge in [0.15, 0.2) is 0 Å². The molecule has 116 valence electrons. The summed E-state index contributed by atoms with van der Waals surface area (Å²) in [7, 11) is 0. The molecule has 1 aromatic heterocycles. The Morgan fingerprint density at radius 3 is 2.04 bits per heavy atom. The van der Waals surface area contributed by atoms with E-state index >= 15 is 0 Å². The third-order valence-electron chi connectivity index (χ3n) is 5.30. The van der Waals surface area contributed by atoms with Crippen LogP contribution in [0.1, 0.15) is 0 Å². The molecule has 0 atom stereocenters. The first-order valence-electron chi connectivity index (χ1n) is 8.35. The van der Waals surface area contributed by atoms with Crippen molar-refractivity contribution in [3.05, 3.63) is 78.7 Å². The van der Waals surface area contributed by atoms with Crippen LogP contribution in [-0.4, -0.2) is 4.98 Å². The zero-order valence-corrected chi connectivity index (χ0v) is 13.3. The summed E-state index contributed by atoms with van der Waals surface area (Å²) in [6.07, 6.45) is 1.86. The SMILES string of the molecule is Fc1ccc2c(c1)c1cccc3c4ccccc4c4ccnc2c4c31. The summed E-state index contributed by atoms with van der Waals surface area (Å²) in [6.45, 7) is 0. The lowest BCUT2D eigenvalue weighted by molar-refractivity contribution is 0.630. The van der Waals surface area contributed by atoms with Gasteiger partial charge in [-0.25, -0.2) is 4.39 Å². The Labute approximate surface area is 142 Å². The predicted octanol–water partition coefficient (Wildman–Crippen LogP) is 6.42. The van der Waals surface area contributed by atoms with E-state index in [2.05, 4.69) is 53.5 Å². The lowest BCUT2D eigenvalue weighted by Gasteiger charge is -2.16. The van der Waals surface area contributed by atoms with Crippen molar-refractivity contribution in [2.45, 2.75) is 0 Å². The predicted molar refractivity (Wildman–Crippen MR) is 103 cm³/mol. The summed E-state index contributed by atoms with van der Waals surface area (Å²) < 4.78 is 14.0. The molecule has 6 rings (SSSR count). The van der Waals surface area contributed by atoms with E-state index in [4.69, 9.17) is 0 Å². The molecule has 0 spiro atoms. The molecule has 0 aliphatic rings. The smallest absolute Gasteiger partial charge is 0.123 e. The molecule has 0 saturated carbocycles. The van der Waals surface area contributed by atoms with E-state index < -0.39 is 0 Å². The van der Waals surface area contributed by atoms with Crippen LogP contribution in [0, 0.1) is 5.82 Å². The van der Waals surface area contributed by atoms with Gasteiger partial charge in [-0.2, -0.15) is 0 Å². The van der Waals surface area contributed by atoms with Crippen LogP contribution in [0.4, 0.5) is 4.39 Å². The molecule has 25 heavy (non-hydrogen) atoms. The summed E-state index contributed by atoms with van der Waals surface area (Å²) in [6, 6.07) is 21.9. The molecule has 1 heterocycles. The first kappa shape index (κ1) is 13.1. The Morgan fingerprint density at radius 2 is 1.24 bits per heavy atom. The molecular formula is C23H12FN. The largest absolute Gasteiger partial charge is 0.256 e. The fraction of sp³-hybridized carbons (Fsp3) is 0. The summed E-state index contributed by atoms with van der Waals surface area (Å²) in [5, 5.41) is 10.2. The van der Waals surface area contributed by atoms with Crippen molar-refractivity contribution in [3.63, 3.8) is 0 Å². The normalized spacial score (nSPS) is 12.2. The molecule has 1 nitrogen and oxygen atoms in total. The van der Waals surface area contributed by atoms with Gasteiger partial charge in [0.25, 0.3) is 0 Å². The molecule has 0 saturated heterocycles. The topological polar surface area (TPSA) is 12.9 Å². The first-order valence-corrected chi connectivity index (χ1v) is 8.35. The van der Waals surface area contributed by atoms with Crippen molar-refractivity contribution in [2.75, 3.05) is 0 Å². The molecule has 0 aliphatic heterocycles. The number of benzene rings is 5. The van der Waals surface area contributed by atoms with Crippen molar-refractivity contribution in [1.82, 2.24) is 4.98 Å². The van der Waals surface area contributed by atoms with Gasteiger partial charge < -0.3 is 0 Å². The maximum atomic E-state index is 14.0. The monoisotopic (exact) mass is 321 g/mol. The fourth-order valence-electron chi connectivity index (χ4n) is 4.31. The summed E-state index contributed by atoms with van der Waals surface area (Å²) in [4.78, 5) is 4.68. The molecule has 6 aromatic rings. The molecule has 0 aliphatic carbocycles. The summed E-state index contributed by atoms with van der Waals surface area (Å²) in [5.41, 5.74) is 0.946. The van der Waals surface area contributed by atoms with Gasteiger partial charge in [-0.1, -0.05) is 42.5 Å². The fourth-order valence-corrected chi connectivity index (χ4v) is 4.31. The number of hydrogen-bond donors (Lipinski definition) is 0. The minimum Gasteiger partial charge on any atom is -0.256 e. The third kappa shape index (κ3) is 1.54. The number of pyridine rings is 1. The van der Waals surface area contributed by atoms with Crippen molar-refractivity contribution in [1.29, 1.82) is 0 Å². The lowest BCUT2D eigenvalue weighted by Crippen LogP contribution is -1.91. The maximum Gasteiger partial charge on any atom is 0.123 e. The van der Waals surface area contributed by atoms with Crippen molar-refractivity contribution in [3.8, 4) is 0 Å². The standard InChI is InChI=1S/C23H12FN/c24-13-8-9-19-20(12-13)17-7-3-6-16-14-4-1-2-5-15(14)18-10-11-25-23(19)22(18)21(16)17/h1-12H. The summed E-state index contributed by atoms with van der Waals surface area (Å²) in [5.74, 6) is -0.216. The van der Waals surface area contributed by atoms with Gasteiger partial charge in [0.2, 0.25) is 0 Å². The van der Waals surface area contributed by atoms with Crippen LogP contribution in [0.3, 0.4) is 0 Å². The number of aromatic nitrogens is 1. The highest BCUT2D eigenvalue weighted by molar-refractivity contribution is 6.39. The molecule has 2 heteroatoms. The number of rotatable bonds is 0.